The highest BCUT2D eigenvalue weighted by atomic mass is 16.2. The molecule has 2 fully saturated rings. The van der Waals surface area contributed by atoms with E-state index in [0.29, 0.717) is 12.5 Å². The van der Waals surface area contributed by atoms with E-state index in [2.05, 4.69) is 28.0 Å². The Morgan fingerprint density at radius 3 is 2.72 bits per heavy atom. The molecular weight excluding hydrogens is 314 g/mol. The van der Waals surface area contributed by atoms with Gasteiger partial charge in [0.2, 0.25) is 0 Å². The van der Waals surface area contributed by atoms with Crippen molar-refractivity contribution in [3.05, 3.63) is 63.8 Å². The first kappa shape index (κ1) is 15.6. The van der Waals surface area contributed by atoms with Crippen LogP contribution in [0.2, 0.25) is 0 Å². The quantitative estimate of drug-likeness (QED) is 0.857. The van der Waals surface area contributed by atoms with Crippen molar-refractivity contribution in [2.45, 2.75) is 25.2 Å². The standard InChI is InChI=1S/C20H19N3O2/c1-2-14-3-5-15(6-4-14)16-7-8-20(16)9-10-23(13-20)19(25)17-11-21-12-18(24)22-17/h1,3-6,11-12,16H,7-10,13H2,(H,22,24). The van der Waals surface area contributed by atoms with Crippen molar-refractivity contribution in [3.63, 3.8) is 0 Å². The second-order valence-electron chi connectivity index (χ2n) is 7.01. The van der Waals surface area contributed by atoms with Crippen molar-refractivity contribution in [3.8, 4) is 12.3 Å². The first-order valence-corrected chi connectivity index (χ1v) is 8.51. The molecule has 1 N–H and O–H groups in total. The summed E-state index contributed by atoms with van der Waals surface area (Å²) in [4.78, 5) is 32.3. The van der Waals surface area contributed by atoms with Gasteiger partial charge in [0.15, 0.2) is 0 Å². The summed E-state index contributed by atoms with van der Waals surface area (Å²) >= 11 is 0. The van der Waals surface area contributed by atoms with E-state index in [-0.39, 0.29) is 22.6 Å². The Bertz CT molecular complexity index is 910. The summed E-state index contributed by atoms with van der Waals surface area (Å²) in [5, 5.41) is 0. The van der Waals surface area contributed by atoms with Gasteiger partial charge in [-0.1, -0.05) is 18.1 Å². The third-order valence-corrected chi connectivity index (χ3v) is 5.71. The molecule has 0 bridgehead atoms. The fourth-order valence-electron chi connectivity index (χ4n) is 4.24. The second-order valence-corrected chi connectivity index (χ2v) is 7.01. The van der Waals surface area contributed by atoms with Crippen LogP contribution in [0.15, 0.2) is 41.5 Å². The van der Waals surface area contributed by atoms with Gasteiger partial charge >= 0.3 is 0 Å². The molecule has 5 heteroatoms. The number of benzene rings is 1. The summed E-state index contributed by atoms with van der Waals surface area (Å²) in [6.07, 6.45) is 11.3. The molecule has 1 aromatic heterocycles. The lowest BCUT2D eigenvalue weighted by molar-refractivity contribution is 0.0669. The maximum Gasteiger partial charge on any atom is 0.271 e. The maximum absolute atomic E-state index is 12.6. The van der Waals surface area contributed by atoms with Gasteiger partial charge in [0, 0.05) is 18.7 Å². The van der Waals surface area contributed by atoms with Gasteiger partial charge in [-0.3, -0.25) is 14.6 Å². The number of hydrogen-bond donors (Lipinski definition) is 1. The van der Waals surface area contributed by atoms with Crippen molar-refractivity contribution in [1.82, 2.24) is 14.9 Å². The number of H-pyrrole nitrogens is 1. The number of hydrogen-bond acceptors (Lipinski definition) is 3. The lowest BCUT2D eigenvalue weighted by Gasteiger charge is -2.47. The van der Waals surface area contributed by atoms with Gasteiger partial charge < -0.3 is 9.88 Å². The first-order chi connectivity index (χ1) is 12.1. The minimum atomic E-state index is -0.352. The van der Waals surface area contributed by atoms with Crippen molar-refractivity contribution in [1.29, 1.82) is 0 Å². The van der Waals surface area contributed by atoms with Crippen LogP contribution in [0.1, 0.15) is 46.8 Å². The van der Waals surface area contributed by atoms with E-state index in [1.807, 2.05) is 17.0 Å². The Hall–Kier alpha value is -2.87. The largest absolute Gasteiger partial charge is 0.337 e. The number of aromatic amines is 1. The molecule has 25 heavy (non-hydrogen) atoms. The molecule has 4 rings (SSSR count). The van der Waals surface area contributed by atoms with Gasteiger partial charge in [-0.25, -0.2) is 0 Å². The molecule has 5 nitrogen and oxygen atoms in total. The number of carbonyl (C=O) groups is 1. The molecule has 2 aliphatic rings. The minimum absolute atomic E-state index is 0.143. The summed E-state index contributed by atoms with van der Waals surface area (Å²) in [5.41, 5.74) is 2.25. The van der Waals surface area contributed by atoms with Crippen LogP contribution in [0.5, 0.6) is 0 Å². The smallest absolute Gasteiger partial charge is 0.271 e. The van der Waals surface area contributed by atoms with Crippen LogP contribution in [-0.4, -0.2) is 33.9 Å². The summed E-state index contributed by atoms with van der Waals surface area (Å²) < 4.78 is 0. The Balaban J connectivity index is 1.52. The number of nitrogens with one attached hydrogen (secondary N) is 1. The topological polar surface area (TPSA) is 66.1 Å². The molecule has 1 aromatic carbocycles. The monoisotopic (exact) mass is 333 g/mol. The molecule has 2 unspecified atom stereocenters. The fourth-order valence-corrected chi connectivity index (χ4v) is 4.24. The molecule has 0 radical (unpaired) electrons. The highest BCUT2D eigenvalue weighted by Gasteiger charge is 2.52. The molecule has 1 saturated carbocycles. The summed E-state index contributed by atoms with van der Waals surface area (Å²) in [7, 11) is 0. The van der Waals surface area contributed by atoms with E-state index in [0.717, 1.165) is 31.4 Å². The number of terminal acetylenes is 1. The molecule has 2 aromatic rings. The number of rotatable bonds is 2. The van der Waals surface area contributed by atoms with Gasteiger partial charge in [-0.05, 0) is 48.3 Å². The second kappa shape index (κ2) is 5.89. The third kappa shape index (κ3) is 2.64. The Labute approximate surface area is 146 Å². The van der Waals surface area contributed by atoms with Crippen LogP contribution >= 0.6 is 0 Å². The van der Waals surface area contributed by atoms with E-state index in [1.165, 1.54) is 18.0 Å². The predicted molar refractivity (Wildman–Crippen MR) is 94.2 cm³/mol. The number of likely N-dealkylation sites (tertiary alicyclic amines) is 1. The van der Waals surface area contributed by atoms with Crippen LogP contribution in [0.4, 0.5) is 0 Å². The molecule has 1 aliphatic heterocycles. The van der Waals surface area contributed by atoms with Crippen molar-refractivity contribution in [2.75, 3.05) is 13.1 Å². The average Bonchev–Trinajstić information content (AvgIpc) is 3.09. The zero-order chi connectivity index (χ0) is 17.4. The van der Waals surface area contributed by atoms with E-state index in [9.17, 15) is 9.59 Å². The zero-order valence-electron chi connectivity index (χ0n) is 13.9. The zero-order valence-corrected chi connectivity index (χ0v) is 13.9. The Morgan fingerprint density at radius 2 is 2.08 bits per heavy atom. The van der Waals surface area contributed by atoms with Crippen LogP contribution in [-0.2, 0) is 0 Å². The van der Waals surface area contributed by atoms with Crippen molar-refractivity contribution >= 4 is 5.91 Å². The van der Waals surface area contributed by atoms with Crippen LogP contribution in [0, 0.1) is 17.8 Å². The summed E-state index contributed by atoms with van der Waals surface area (Å²) in [6, 6.07) is 8.20. The first-order valence-electron chi connectivity index (χ1n) is 8.51. The van der Waals surface area contributed by atoms with Gasteiger partial charge in [0.05, 0.1) is 12.4 Å². The van der Waals surface area contributed by atoms with Gasteiger partial charge in [-0.2, -0.15) is 0 Å². The SMILES string of the molecule is C#Cc1ccc(C2CCC23CCN(C(=O)c2cncc(=O)[nH]2)C3)cc1. The summed E-state index contributed by atoms with van der Waals surface area (Å²) in [6.45, 7) is 1.44. The predicted octanol–water partition coefficient (Wildman–Crippen LogP) is 2.16. The Kier molecular flexibility index (Phi) is 3.69. The average molecular weight is 333 g/mol. The highest BCUT2D eigenvalue weighted by Crippen LogP contribution is 2.57. The van der Waals surface area contributed by atoms with Gasteiger partial charge in [0.25, 0.3) is 11.5 Å². The normalized spacial score (nSPS) is 24.8. The van der Waals surface area contributed by atoms with E-state index in [4.69, 9.17) is 6.42 Å². The molecule has 1 amide bonds. The number of amides is 1. The summed E-state index contributed by atoms with van der Waals surface area (Å²) in [5.74, 6) is 2.97. The Morgan fingerprint density at radius 1 is 1.28 bits per heavy atom. The molecule has 2 atom stereocenters. The molecule has 2 heterocycles. The fraction of sp³-hybridized carbons (Fsp3) is 0.350. The molecule has 126 valence electrons. The molecular formula is C20H19N3O2. The van der Waals surface area contributed by atoms with E-state index >= 15 is 0 Å². The van der Waals surface area contributed by atoms with Crippen LogP contribution < -0.4 is 5.56 Å². The lowest BCUT2D eigenvalue weighted by Crippen LogP contribution is -2.42. The van der Waals surface area contributed by atoms with Crippen LogP contribution in [0.25, 0.3) is 0 Å². The van der Waals surface area contributed by atoms with Gasteiger partial charge in [-0.15, -0.1) is 6.42 Å². The van der Waals surface area contributed by atoms with Crippen molar-refractivity contribution in [2.24, 2.45) is 5.41 Å². The number of nitrogens with zero attached hydrogens (tertiary/aromatic N) is 2. The van der Waals surface area contributed by atoms with E-state index < -0.39 is 0 Å². The molecule has 1 aliphatic carbocycles. The van der Waals surface area contributed by atoms with Gasteiger partial charge in [0.1, 0.15) is 5.69 Å². The molecule has 1 saturated heterocycles. The third-order valence-electron chi connectivity index (χ3n) is 5.71. The van der Waals surface area contributed by atoms with Crippen molar-refractivity contribution < 1.29 is 4.79 Å². The minimum Gasteiger partial charge on any atom is -0.337 e. The van der Waals surface area contributed by atoms with E-state index in [1.54, 1.807) is 0 Å². The maximum atomic E-state index is 12.6. The number of carbonyl (C=O) groups excluding carboxylic acids is 1. The highest BCUT2D eigenvalue weighted by molar-refractivity contribution is 5.92. The lowest BCUT2D eigenvalue weighted by atomic mass is 9.57. The number of aromatic nitrogens is 2. The van der Waals surface area contributed by atoms with Crippen LogP contribution in [0.3, 0.4) is 0 Å². The molecule has 1 spiro atoms.